The Morgan fingerprint density at radius 3 is 2.48 bits per heavy atom. The van der Waals surface area contributed by atoms with E-state index in [0.29, 0.717) is 5.56 Å². The number of fused-ring (bicyclic) bond motifs is 1. The summed E-state index contributed by atoms with van der Waals surface area (Å²) in [7, 11) is 1.46. The summed E-state index contributed by atoms with van der Waals surface area (Å²) < 4.78 is 7.29. The molecule has 0 aliphatic carbocycles. The van der Waals surface area contributed by atoms with Crippen molar-refractivity contribution in [2.45, 2.75) is 26.8 Å². The van der Waals surface area contributed by atoms with E-state index in [1.807, 2.05) is 24.3 Å². The number of phenols is 2. The first kappa shape index (κ1) is 15.2. The molecular weight excluding hydrogens is 292 g/mol. The van der Waals surface area contributed by atoms with Gasteiger partial charge < -0.3 is 19.5 Å². The number of imidazole rings is 1. The van der Waals surface area contributed by atoms with Crippen LogP contribution < -0.4 is 4.74 Å². The van der Waals surface area contributed by atoms with Gasteiger partial charge in [-0.15, -0.1) is 0 Å². The maximum absolute atomic E-state index is 10.2. The number of ether oxygens (including phenoxy) is 1. The van der Waals surface area contributed by atoms with Crippen molar-refractivity contribution in [3.63, 3.8) is 0 Å². The second-order valence-electron chi connectivity index (χ2n) is 5.84. The molecule has 0 amide bonds. The first-order chi connectivity index (χ1) is 11.0. The molecule has 1 aromatic heterocycles. The average Bonchev–Trinajstić information content (AvgIpc) is 2.92. The number of methoxy groups -OCH3 is 1. The van der Waals surface area contributed by atoms with Crippen molar-refractivity contribution in [1.29, 1.82) is 0 Å². The summed E-state index contributed by atoms with van der Waals surface area (Å²) in [6.45, 7) is 5.93. The zero-order valence-electron chi connectivity index (χ0n) is 13.7. The van der Waals surface area contributed by atoms with Gasteiger partial charge in [0, 0.05) is 17.2 Å². The van der Waals surface area contributed by atoms with E-state index in [1.165, 1.54) is 7.11 Å². The minimum atomic E-state index is -0.249. The molecule has 0 atom stereocenters. The number of hydrogen-bond acceptors (Lipinski definition) is 4. The molecule has 2 aromatic carbocycles. The van der Waals surface area contributed by atoms with Crippen molar-refractivity contribution in [3.8, 4) is 28.6 Å². The fourth-order valence-electron chi connectivity index (χ4n) is 2.87. The van der Waals surface area contributed by atoms with Gasteiger partial charge in [0.2, 0.25) is 5.75 Å². The standard InChI is InChI=1S/C18H20N2O3/c1-10(2)20-14-8-6-5-7-13(14)19-18(20)12-9-15(23-4)17(22)16(21)11(12)3/h5-10,21-22H,1-4H3. The van der Waals surface area contributed by atoms with Gasteiger partial charge in [-0.3, -0.25) is 0 Å². The lowest BCUT2D eigenvalue weighted by Gasteiger charge is -2.16. The Balaban J connectivity index is 2.37. The van der Waals surface area contributed by atoms with Crippen LogP contribution in [0.25, 0.3) is 22.4 Å². The van der Waals surface area contributed by atoms with Crippen LogP contribution in [0.5, 0.6) is 17.2 Å². The van der Waals surface area contributed by atoms with Crippen molar-refractivity contribution in [1.82, 2.24) is 9.55 Å². The van der Waals surface area contributed by atoms with Crippen LogP contribution in [0.2, 0.25) is 0 Å². The van der Waals surface area contributed by atoms with E-state index in [0.717, 1.165) is 22.4 Å². The van der Waals surface area contributed by atoms with Crippen LogP contribution in [-0.4, -0.2) is 26.9 Å². The van der Waals surface area contributed by atoms with Gasteiger partial charge in [0.25, 0.3) is 0 Å². The Morgan fingerprint density at radius 2 is 1.83 bits per heavy atom. The number of aromatic hydroxyl groups is 2. The number of para-hydroxylation sites is 2. The van der Waals surface area contributed by atoms with E-state index in [4.69, 9.17) is 9.72 Å². The van der Waals surface area contributed by atoms with E-state index in [1.54, 1.807) is 13.0 Å². The number of nitrogens with zero attached hydrogens (tertiary/aromatic N) is 2. The SMILES string of the molecule is COc1cc(-c2nc3ccccc3n2C(C)C)c(C)c(O)c1O. The highest BCUT2D eigenvalue weighted by atomic mass is 16.5. The molecule has 3 aromatic rings. The number of hydrogen-bond donors (Lipinski definition) is 2. The lowest BCUT2D eigenvalue weighted by molar-refractivity contribution is 0.350. The van der Waals surface area contributed by atoms with Crippen LogP contribution in [0.15, 0.2) is 30.3 Å². The third-order valence-corrected chi connectivity index (χ3v) is 4.07. The molecule has 0 fully saturated rings. The number of rotatable bonds is 3. The molecule has 0 saturated carbocycles. The summed E-state index contributed by atoms with van der Waals surface area (Å²) in [6.07, 6.45) is 0. The summed E-state index contributed by atoms with van der Waals surface area (Å²) >= 11 is 0. The Kier molecular flexibility index (Phi) is 3.64. The Labute approximate surface area is 134 Å². The van der Waals surface area contributed by atoms with Crippen LogP contribution in [0.1, 0.15) is 25.5 Å². The molecule has 0 unspecified atom stereocenters. The molecule has 23 heavy (non-hydrogen) atoms. The van der Waals surface area contributed by atoms with E-state index < -0.39 is 0 Å². The Morgan fingerprint density at radius 1 is 1.13 bits per heavy atom. The van der Waals surface area contributed by atoms with Crippen molar-refractivity contribution in [3.05, 3.63) is 35.9 Å². The zero-order valence-corrected chi connectivity index (χ0v) is 13.7. The van der Waals surface area contributed by atoms with Crippen molar-refractivity contribution < 1.29 is 14.9 Å². The molecular formula is C18H20N2O3. The van der Waals surface area contributed by atoms with Crippen molar-refractivity contribution in [2.24, 2.45) is 0 Å². The highest BCUT2D eigenvalue weighted by molar-refractivity contribution is 5.83. The third-order valence-electron chi connectivity index (χ3n) is 4.07. The van der Waals surface area contributed by atoms with Crippen LogP contribution in [-0.2, 0) is 0 Å². The zero-order chi connectivity index (χ0) is 16.7. The lowest BCUT2D eigenvalue weighted by Crippen LogP contribution is -2.04. The van der Waals surface area contributed by atoms with Crippen LogP contribution in [0.3, 0.4) is 0 Å². The van der Waals surface area contributed by atoms with E-state index in [9.17, 15) is 10.2 Å². The van der Waals surface area contributed by atoms with E-state index >= 15 is 0 Å². The average molecular weight is 312 g/mol. The van der Waals surface area contributed by atoms with Gasteiger partial charge in [0.05, 0.1) is 18.1 Å². The van der Waals surface area contributed by atoms with Gasteiger partial charge in [-0.1, -0.05) is 12.1 Å². The molecule has 0 spiro atoms. The maximum Gasteiger partial charge on any atom is 0.200 e. The molecule has 0 bridgehead atoms. The number of benzene rings is 2. The van der Waals surface area contributed by atoms with Crippen molar-refractivity contribution in [2.75, 3.05) is 7.11 Å². The highest BCUT2D eigenvalue weighted by Gasteiger charge is 2.21. The predicted molar refractivity (Wildman–Crippen MR) is 90.2 cm³/mol. The van der Waals surface area contributed by atoms with Gasteiger partial charge in [-0.2, -0.15) is 0 Å². The normalized spacial score (nSPS) is 11.3. The van der Waals surface area contributed by atoms with E-state index in [-0.39, 0.29) is 23.3 Å². The molecule has 0 aliphatic rings. The molecule has 1 heterocycles. The summed E-state index contributed by atoms with van der Waals surface area (Å²) in [6, 6.07) is 9.83. The largest absolute Gasteiger partial charge is 0.504 e. The fraction of sp³-hybridized carbons (Fsp3) is 0.278. The lowest BCUT2D eigenvalue weighted by atomic mass is 10.0. The Bertz CT molecular complexity index is 882. The summed E-state index contributed by atoms with van der Waals surface area (Å²) in [4.78, 5) is 4.73. The molecule has 0 aliphatic heterocycles. The summed E-state index contributed by atoms with van der Waals surface area (Å²) in [5.41, 5.74) is 3.23. The van der Waals surface area contributed by atoms with Gasteiger partial charge in [0.1, 0.15) is 5.82 Å². The second kappa shape index (κ2) is 5.50. The predicted octanol–water partition coefficient (Wildman–Crippen LogP) is 4.01. The summed E-state index contributed by atoms with van der Waals surface area (Å²) in [5, 5.41) is 20.2. The van der Waals surface area contributed by atoms with E-state index in [2.05, 4.69) is 18.4 Å². The highest BCUT2D eigenvalue weighted by Crippen LogP contribution is 2.44. The first-order valence-electron chi connectivity index (χ1n) is 7.52. The van der Waals surface area contributed by atoms with Crippen molar-refractivity contribution >= 4 is 11.0 Å². The summed E-state index contributed by atoms with van der Waals surface area (Å²) in [5.74, 6) is 0.542. The topological polar surface area (TPSA) is 67.5 Å². The van der Waals surface area contributed by atoms with Gasteiger partial charge >= 0.3 is 0 Å². The molecule has 0 saturated heterocycles. The number of aromatic nitrogens is 2. The minimum absolute atomic E-state index is 0.179. The molecule has 120 valence electrons. The van der Waals surface area contributed by atoms with Gasteiger partial charge in [-0.25, -0.2) is 4.98 Å². The quantitative estimate of drug-likeness (QED) is 0.717. The van der Waals surface area contributed by atoms with Crippen LogP contribution in [0, 0.1) is 6.92 Å². The fourth-order valence-corrected chi connectivity index (χ4v) is 2.87. The molecule has 0 radical (unpaired) electrons. The molecule has 5 heteroatoms. The molecule has 3 rings (SSSR count). The monoisotopic (exact) mass is 312 g/mol. The first-order valence-corrected chi connectivity index (χ1v) is 7.52. The van der Waals surface area contributed by atoms with Gasteiger partial charge in [0.15, 0.2) is 11.5 Å². The molecule has 5 nitrogen and oxygen atoms in total. The number of phenolic OH excluding ortho intramolecular Hbond substituents is 2. The van der Waals surface area contributed by atoms with Gasteiger partial charge in [-0.05, 0) is 39.0 Å². The Hall–Kier alpha value is -2.69. The van der Waals surface area contributed by atoms with Crippen LogP contribution >= 0.6 is 0 Å². The maximum atomic E-state index is 10.2. The smallest absolute Gasteiger partial charge is 0.200 e. The second-order valence-corrected chi connectivity index (χ2v) is 5.84. The molecule has 2 N–H and O–H groups in total. The third kappa shape index (κ3) is 2.29. The van der Waals surface area contributed by atoms with Crippen LogP contribution in [0.4, 0.5) is 0 Å². The minimum Gasteiger partial charge on any atom is -0.504 e.